The van der Waals surface area contributed by atoms with E-state index in [-0.39, 0.29) is 12.5 Å². The van der Waals surface area contributed by atoms with Crippen LogP contribution in [0.25, 0.3) is 0 Å². The van der Waals surface area contributed by atoms with Gasteiger partial charge in [0.05, 0.1) is 12.6 Å². The van der Waals surface area contributed by atoms with Crippen LogP contribution in [0.4, 0.5) is 4.79 Å². The van der Waals surface area contributed by atoms with Crippen molar-refractivity contribution >= 4 is 11.9 Å². The molecule has 2 aliphatic heterocycles. The lowest BCUT2D eigenvalue weighted by Gasteiger charge is -2.35. The molecule has 0 aromatic carbocycles. The number of amides is 3. The predicted octanol–water partition coefficient (Wildman–Crippen LogP) is -0.0670. The quantitative estimate of drug-likeness (QED) is 0.649. The third-order valence-electron chi connectivity index (χ3n) is 5.18. The summed E-state index contributed by atoms with van der Waals surface area (Å²) in [6.45, 7) is 8.43. The van der Waals surface area contributed by atoms with Gasteiger partial charge in [0.1, 0.15) is 5.54 Å². The summed E-state index contributed by atoms with van der Waals surface area (Å²) in [6, 6.07) is 5.55. The van der Waals surface area contributed by atoms with Crippen LogP contribution in [0.15, 0.2) is 24.4 Å². The molecule has 0 bridgehead atoms. The number of carbonyl (C=O) groups is 2. The molecule has 3 heterocycles. The van der Waals surface area contributed by atoms with Gasteiger partial charge in [-0.05, 0) is 26.0 Å². The second-order valence-electron chi connectivity index (χ2n) is 7.84. The summed E-state index contributed by atoms with van der Waals surface area (Å²) in [7, 11) is 0. The van der Waals surface area contributed by atoms with Crippen molar-refractivity contribution in [3.63, 3.8) is 0 Å². The first kappa shape index (κ1) is 19.7. The van der Waals surface area contributed by atoms with Crippen LogP contribution in [0.1, 0.15) is 19.5 Å². The number of β-amino-alcohol motifs (C(OH)–C–C–N with tert-alkyl or cyclic N) is 1. The van der Waals surface area contributed by atoms with E-state index in [1.807, 2.05) is 24.4 Å². The number of rotatable bonds is 7. The van der Waals surface area contributed by atoms with E-state index in [1.165, 1.54) is 0 Å². The Labute approximate surface area is 160 Å². The molecule has 8 nitrogen and oxygen atoms in total. The molecule has 0 unspecified atom stereocenters. The Morgan fingerprint density at radius 2 is 1.85 bits per heavy atom. The fourth-order valence-corrected chi connectivity index (χ4v) is 3.56. The monoisotopic (exact) mass is 375 g/mol. The summed E-state index contributed by atoms with van der Waals surface area (Å²) in [5.41, 5.74) is 0.211. The Morgan fingerprint density at radius 3 is 2.44 bits per heavy atom. The molecule has 3 rings (SSSR count). The molecule has 1 aromatic heterocycles. The van der Waals surface area contributed by atoms with Gasteiger partial charge in [-0.25, -0.2) is 4.79 Å². The zero-order chi connectivity index (χ0) is 19.4. The van der Waals surface area contributed by atoms with Crippen molar-refractivity contribution in [2.75, 3.05) is 45.8 Å². The summed E-state index contributed by atoms with van der Waals surface area (Å²) >= 11 is 0. The molecule has 0 saturated carbocycles. The maximum Gasteiger partial charge on any atom is 0.325 e. The minimum Gasteiger partial charge on any atom is -0.390 e. The number of nitrogens with one attached hydrogen (secondary N) is 1. The molecule has 1 atom stereocenters. The van der Waals surface area contributed by atoms with Gasteiger partial charge < -0.3 is 15.3 Å². The number of pyridine rings is 1. The summed E-state index contributed by atoms with van der Waals surface area (Å²) < 4.78 is 0. The fourth-order valence-electron chi connectivity index (χ4n) is 3.56. The van der Waals surface area contributed by atoms with E-state index in [9.17, 15) is 14.7 Å². The number of nitrogens with zero attached hydrogens (tertiary/aromatic N) is 4. The van der Waals surface area contributed by atoms with E-state index in [0.717, 1.165) is 49.7 Å². The number of piperazine rings is 1. The Balaban J connectivity index is 1.39. The van der Waals surface area contributed by atoms with E-state index in [1.54, 1.807) is 13.8 Å². The molecular weight excluding hydrogens is 346 g/mol. The third-order valence-corrected chi connectivity index (χ3v) is 5.18. The first-order valence-electron chi connectivity index (χ1n) is 9.52. The average Bonchev–Trinajstić information content (AvgIpc) is 2.83. The highest BCUT2D eigenvalue weighted by Crippen LogP contribution is 2.17. The third kappa shape index (κ3) is 5.03. The van der Waals surface area contributed by atoms with Crippen molar-refractivity contribution in [2.24, 2.45) is 0 Å². The van der Waals surface area contributed by atoms with Gasteiger partial charge in [-0.15, -0.1) is 0 Å². The topological polar surface area (TPSA) is 89.0 Å². The van der Waals surface area contributed by atoms with Crippen molar-refractivity contribution < 1.29 is 14.7 Å². The van der Waals surface area contributed by atoms with Crippen LogP contribution in [-0.4, -0.2) is 94.2 Å². The summed E-state index contributed by atoms with van der Waals surface area (Å²) in [6.07, 6.45) is 2.01. The molecule has 148 valence electrons. The largest absolute Gasteiger partial charge is 0.390 e. The number of carbonyl (C=O) groups excluding carboxylic acids is 2. The second-order valence-corrected chi connectivity index (χ2v) is 7.84. The number of hydrogen-bond acceptors (Lipinski definition) is 6. The number of imide groups is 1. The van der Waals surface area contributed by atoms with Gasteiger partial charge in [-0.1, -0.05) is 6.07 Å². The summed E-state index contributed by atoms with van der Waals surface area (Å²) in [4.78, 5) is 34.2. The molecule has 2 N–H and O–H groups in total. The van der Waals surface area contributed by atoms with Crippen molar-refractivity contribution in [2.45, 2.75) is 31.9 Å². The van der Waals surface area contributed by atoms with Crippen molar-refractivity contribution in [1.82, 2.24) is 25.0 Å². The molecular formula is C19H29N5O3. The minimum absolute atomic E-state index is 0.0357. The summed E-state index contributed by atoms with van der Waals surface area (Å²) in [5, 5.41) is 13.0. The normalized spacial score (nSPS) is 22.1. The molecule has 2 fully saturated rings. The van der Waals surface area contributed by atoms with Gasteiger partial charge in [0.15, 0.2) is 0 Å². The first-order chi connectivity index (χ1) is 12.8. The van der Waals surface area contributed by atoms with Gasteiger partial charge in [-0.2, -0.15) is 0 Å². The average molecular weight is 375 g/mol. The van der Waals surface area contributed by atoms with Crippen LogP contribution in [0.2, 0.25) is 0 Å². The van der Waals surface area contributed by atoms with E-state index >= 15 is 0 Å². The zero-order valence-corrected chi connectivity index (χ0v) is 16.1. The summed E-state index contributed by atoms with van der Waals surface area (Å²) in [5.74, 6) is -0.286. The van der Waals surface area contributed by atoms with E-state index in [0.29, 0.717) is 6.54 Å². The molecule has 0 aliphatic carbocycles. The van der Waals surface area contributed by atoms with Crippen LogP contribution < -0.4 is 5.32 Å². The molecule has 0 spiro atoms. The van der Waals surface area contributed by atoms with Crippen LogP contribution in [-0.2, 0) is 11.2 Å². The number of aliphatic hydroxyl groups is 1. The molecule has 2 saturated heterocycles. The lowest BCUT2D eigenvalue weighted by atomic mass is 10.1. The van der Waals surface area contributed by atoms with Gasteiger partial charge >= 0.3 is 6.03 Å². The second kappa shape index (κ2) is 8.33. The lowest BCUT2D eigenvalue weighted by molar-refractivity contribution is -0.131. The highest BCUT2D eigenvalue weighted by Gasteiger charge is 2.44. The van der Waals surface area contributed by atoms with Crippen LogP contribution in [0.5, 0.6) is 0 Å². The Kier molecular flexibility index (Phi) is 6.08. The van der Waals surface area contributed by atoms with Gasteiger partial charge in [0.2, 0.25) is 0 Å². The molecule has 3 amide bonds. The fraction of sp³-hybridized carbons (Fsp3) is 0.632. The van der Waals surface area contributed by atoms with Gasteiger partial charge in [0, 0.05) is 57.6 Å². The van der Waals surface area contributed by atoms with Crippen molar-refractivity contribution in [3.8, 4) is 0 Å². The van der Waals surface area contributed by atoms with Crippen LogP contribution in [0.3, 0.4) is 0 Å². The zero-order valence-electron chi connectivity index (χ0n) is 16.1. The van der Waals surface area contributed by atoms with Crippen molar-refractivity contribution in [1.29, 1.82) is 0 Å². The highest BCUT2D eigenvalue weighted by atomic mass is 16.3. The van der Waals surface area contributed by atoms with Crippen molar-refractivity contribution in [3.05, 3.63) is 30.1 Å². The number of hydrogen-bond donors (Lipinski definition) is 2. The molecule has 8 heteroatoms. The maximum atomic E-state index is 12.2. The predicted molar refractivity (Wildman–Crippen MR) is 101 cm³/mol. The number of aliphatic hydroxyl groups excluding tert-OH is 1. The SMILES string of the molecule is CC1(C)NC(=O)N(C[C@@H](O)CN2CCN(CCc3ccccn3)CC2)C1=O. The Morgan fingerprint density at radius 1 is 1.15 bits per heavy atom. The smallest absolute Gasteiger partial charge is 0.325 e. The van der Waals surface area contributed by atoms with E-state index < -0.39 is 17.7 Å². The Bertz CT molecular complexity index is 659. The molecule has 0 radical (unpaired) electrons. The maximum absolute atomic E-state index is 12.2. The standard InChI is InChI=1S/C19H29N5O3/c1-19(2)17(26)24(18(27)21-19)14-16(25)13-23-11-9-22(10-12-23)8-6-15-5-3-4-7-20-15/h3-5,7,16,25H,6,8-14H2,1-2H3,(H,21,27)/t16-/m0/s1. The van der Waals surface area contributed by atoms with E-state index in [2.05, 4.69) is 20.1 Å². The Hall–Kier alpha value is -2.03. The molecule has 2 aliphatic rings. The van der Waals surface area contributed by atoms with E-state index in [4.69, 9.17) is 0 Å². The lowest BCUT2D eigenvalue weighted by Crippen LogP contribution is -2.51. The van der Waals surface area contributed by atoms with Gasteiger partial charge in [0.25, 0.3) is 5.91 Å². The molecule has 27 heavy (non-hydrogen) atoms. The van der Waals surface area contributed by atoms with Crippen LogP contribution in [0, 0.1) is 0 Å². The van der Waals surface area contributed by atoms with Crippen LogP contribution >= 0.6 is 0 Å². The first-order valence-corrected chi connectivity index (χ1v) is 9.52. The number of aromatic nitrogens is 1. The minimum atomic E-state index is -0.893. The number of urea groups is 1. The molecule has 1 aromatic rings. The van der Waals surface area contributed by atoms with Gasteiger partial charge in [-0.3, -0.25) is 19.6 Å². The highest BCUT2D eigenvalue weighted by molar-refractivity contribution is 6.06.